The van der Waals surface area contributed by atoms with Crippen LogP contribution < -0.4 is 16.8 Å². The van der Waals surface area contributed by atoms with Gasteiger partial charge in [0.05, 0.1) is 0 Å². The number of benzene rings is 1. The summed E-state index contributed by atoms with van der Waals surface area (Å²) in [5, 5.41) is 2.57. The summed E-state index contributed by atoms with van der Waals surface area (Å²) in [5.74, 6) is -1.09. The molecular weight excluding hydrogens is 230 g/mol. The van der Waals surface area contributed by atoms with Crippen molar-refractivity contribution in [3.8, 4) is 0 Å². The highest BCUT2D eigenvalue weighted by Gasteiger charge is 2.18. The van der Waals surface area contributed by atoms with Crippen LogP contribution in [0.4, 0.5) is 0 Å². The molecule has 0 aliphatic rings. The van der Waals surface area contributed by atoms with Gasteiger partial charge in [0.25, 0.3) is 11.8 Å². The van der Waals surface area contributed by atoms with Crippen LogP contribution in [-0.2, 0) is 4.79 Å². The Labute approximate surface area is 107 Å². The van der Waals surface area contributed by atoms with Crippen molar-refractivity contribution < 1.29 is 9.59 Å². The van der Waals surface area contributed by atoms with Crippen molar-refractivity contribution in [2.75, 3.05) is 6.54 Å². The fourth-order valence-corrected chi connectivity index (χ4v) is 1.59. The molecule has 0 aliphatic carbocycles. The van der Waals surface area contributed by atoms with Crippen molar-refractivity contribution in [3.63, 3.8) is 0 Å². The zero-order valence-electron chi connectivity index (χ0n) is 10.2. The number of carbonyl (C=O) groups excluding carboxylic acids is 2. The Bertz CT molecular complexity index is 392. The van der Waals surface area contributed by atoms with E-state index in [-0.39, 0.29) is 5.91 Å². The first-order chi connectivity index (χ1) is 8.65. The molecule has 1 rings (SSSR count). The van der Waals surface area contributed by atoms with E-state index in [9.17, 15) is 9.59 Å². The molecule has 1 aromatic carbocycles. The zero-order chi connectivity index (χ0) is 13.4. The van der Waals surface area contributed by atoms with Gasteiger partial charge in [-0.05, 0) is 37.9 Å². The highest BCUT2D eigenvalue weighted by molar-refractivity contribution is 5.97. The number of nitrogens with two attached hydrogens (primary N) is 1. The van der Waals surface area contributed by atoms with Crippen molar-refractivity contribution in [2.24, 2.45) is 5.73 Å². The van der Waals surface area contributed by atoms with Gasteiger partial charge in [0, 0.05) is 5.56 Å². The third-order valence-corrected chi connectivity index (χ3v) is 2.60. The fraction of sp³-hybridized carbons (Fsp3) is 0.385. The molecule has 1 atom stereocenters. The lowest BCUT2D eigenvalue weighted by Gasteiger charge is -2.14. The van der Waals surface area contributed by atoms with Crippen molar-refractivity contribution in [1.29, 1.82) is 0 Å². The SMILES string of the molecule is [NH]C(=O)[C@H](CCCCN)NC(=O)c1ccccc1. The average molecular weight is 248 g/mol. The van der Waals surface area contributed by atoms with E-state index in [1.165, 1.54) is 0 Å². The Kier molecular flexibility index (Phi) is 5.87. The number of carbonyl (C=O) groups is 2. The minimum Gasteiger partial charge on any atom is -0.340 e. The van der Waals surface area contributed by atoms with Crippen LogP contribution in [-0.4, -0.2) is 24.4 Å². The van der Waals surface area contributed by atoms with Crippen molar-refractivity contribution in [1.82, 2.24) is 11.1 Å². The smallest absolute Gasteiger partial charge is 0.260 e. The summed E-state index contributed by atoms with van der Waals surface area (Å²) in [6.07, 6.45) is 1.96. The van der Waals surface area contributed by atoms with E-state index in [4.69, 9.17) is 11.5 Å². The number of amides is 2. The number of hydrogen-bond donors (Lipinski definition) is 2. The van der Waals surface area contributed by atoms with Gasteiger partial charge in [0.15, 0.2) is 0 Å². The van der Waals surface area contributed by atoms with Gasteiger partial charge in [0.1, 0.15) is 6.04 Å². The highest BCUT2D eigenvalue weighted by atomic mass is 16.2. The van der Waals surface area contributed by atoms with E-state index >= 15 is 0 Å². The fourth-order valence-electron chi connectivity index (χ4n) is 1.59. The molecule has 0 spiro atoms. The van der Waals surface area contributed by atoms with E-state index < -0.39 is 11.9 Å². The monoisotopic (exact) mass is 248 g/mol. The van der Waals surface area contributed by atoms with Gasteiger partial charge in [-0.3, -0.25) is 15.3 Å². The molecule has 5 nitrogen and oxygen atoms in total. The number of rotatable bonds is 7. The molecule has 0 unspecified atom stereocenters. The minimum atomic E-state index is -0.767. The topological polar surface area (TPSA) is 96.0 Å². The van der Waals surface area contributed by atoms with Crippen LogP contribution in [0.1, 0.15) is 29.6 Å². The normalized spacial score (nSPS) is 11.8. The van der Waals surface area contributed by atoms with Gasteiger partial charge < -0.3 is 11.1 Å². The lowest BCUT2D eigenvalue weighted by atomic mass is 10.1. The summed E-state index contributed by atoms with van der Waals surface area (Å²) in [6, 6.07) is 7.90. The predicted octanol–water partition coefficient (Wildman–Crippen LogP) is 0.724. The molecule has 5 heteroatoms. The second kappa shape index (κ2) is 7.45. The Morgan fingerprint density at radius 2 is 1.89 bits per heavy atom. The summed E-state index contributed by atoms with van der Waals surface area (Å²) in [4.78, 5) is 22.9. The molecule has 0 aromatic heterocycles. The Balaban J connectivity index is 2.55. The van der Waals surface area contributed by atoms with E-state index in [1.807, 2.05) is 6.07 Å². The molecule has 0 aliphatic heterocycles. The van der Waals surface area contributed by atoms with E-state index in [1.54, 1.807) is 24.3 Å². The first kappa shape index (κ1) is 14.2. The Morgan fingerprint density at radius 1 is 1.22 bits per heavy atom. The second-order valence-electron chi connectivity index (χ2n) is 4.04. The largest absolute Gasteiger partial charge is 0.340 e. The molecule has 18 heavy (non-hydrogen) atoms. The van der Waals surface area contributed by atoms with Crippen molar-refractivity contribution in [2.45, 2.75) is 25.3 Å². The van der Waals surface area contributed by atoms with Gasteiger partial charge in [-0.25, -0.2) is 0 Å². The number of hydrogen-bond acceptors (Lipinski definition) is 3. The first-order valence-corrected chi connectivity index (χ1v) is 5.96. The lowest BCUT2D eigenvalue weighted by Crippen LogP contribution is -2.41. The summed E-state index contributed by atoms with van der Waals surface area (Å²) < 4.78 is 0. The Morgan fingerprint density at radius 3 is 2.44 bits per heavy atom. The third-order valence-electron chi connectivity index (χ3n) is 2.60. The van der Waals surface area contributed by atoms with E-state index in [0.29, 0.717) is 18.5 Å². The van der Waals surface area contributed by atoms with Gasteiger partial charge in [-0.2, -0.15) is 0 Å². The zero-order valence-corrected chi connectivity index (χ0v) is 10.2. The molecule has 0 saturated heterocycles. The van der Waals surface area contributed by atoms with Crippen LogP contribution in [0.3, 0.4) is 0 Å². The van der Waals surface area contributed by atoms with Gasteiger partial charge >= 0.3 is 0 Å². The van der Waals surface area contributed by atoms with Crippen LogP contribution in [0, 0.1) is 0 Å². The summed E-state index contributed by atoms with van der Waals surface area (Å²) in [7, 11) is 0. The highest BCUT2D eigenvalue weighted by Crippen LogP contribution is 2.04. The molecule has 0 heterocycles. The summed E-state index contributed by atoms with van der Waals surface area (Å²) in [5.41, 5.74) is 13.0. The first-order valence-electron chi connectivity index (χ1n) is 5.96. The van der Waals surface area contributed by atoms with Crippen LogP contribution in [0.15, 0.2) is 30.3 Å². The van der Waals surface area contributed by atoms with Gasteiger partial charge in [-0.1, -0.05) is 18.2 Å². The van der Waals surface area contributed by atoms with E-state index in [0.717, 1.165) is 12.8 Å². The van der Waals surface area contributed by atoms with Crippen molar-refractivity contribution in [3.05, 3.63) is 35.9 Å². The minimum absolute atomic E-state index is 0.325. The molecule has 4 N–H and O–H groups in total. The standard InChI is InChI=1S/C13H18N3O2/c14-9-5-4-8-11(12(15)17)16-13(18)10-6-2-1-3-7-10/h1-3,6-7,11,15H,4-5,8-9,14H2,(H,16,18)/t11-/m0/s1. The molecule has 0 saturated carbocycles. The average Bonchev–Trinajstić information content (AvgIpc) is 2.38. The maximum atomic E-state index is 11.8. The third kappa shape index (κ3) is 4.55. The quantitative estimate of drug-likeness (QED) is 0.696. The number of unbranched alkanes of at least 4 members (excludes halogenated alkanes) is 1. The lowest BCUT2D eigenvalue weighted by molar-refractivity contribution is -0.120. The van der Waals surface area contributed by atoms with Gasteiger partial charge in [-0.15, -0.1) is 0 Å². The molecule has 2 amide bonds. The second-order valence-corrected chi connectivity index (χ2v) is 4.04. The molecule has 0 bridgehead atoms. The summed E-state index contributed by atoms with van der Waals surface area (Å²) >= 11 is 0. The predicted molar refractivity (Wildman–Crippen MR) is 68.7 cm³/mol. The van der Waals surface area contributed by atoms with Crippen LogP contribution in [0.5, 0.6) is 0 Å². The Hall–Kier alpha value is -1.88. The molecule has 0 fully saturated rings. The molecule has 97 valence electrons. The van der Waals surface area contributed by atoms with Crippen molar-refractivity contribution >= 4 is 11.8 Å². The summed E-state index contributed by atoms with van der Waals surface area (Å²) in [6.45, 7) is 0.547. The number of nitrogens with one attached hydrogen (secondary N) is 2. The van der Waals surface area contributed by atoms with Crippen LogP contribution in [0.25, 0.3) is 0 Å². The van der Waals surface area contributed by atoms with Crippen LogP contribution >= 0.6 is 0 Å². The maximum Gasteiger partial charge on any atom is 0.260 e. The van der Waals surface area contributed by atoms with E-state index in [2.05, 4.69) is 5.32 Å². The molecule has 1 aromatic rings. The van der Waals surface area contributed by atoms with Gasteiger partial charge in [0.2, 0.25) is 0 Å². The molecular formula is C13H18N3O2. The molecule has 1 radical (unpaired) electrons. The maximum absolute atomic E-state index is 11.8. The van der Waals surface area contributed by atoms with Crippen LogP contribution in [0.2, 0.25) is 0 Å².